The van der Waals surface area contributed by atoms with Crippen LogP contribution in [0.2, 0.25) is 0 Å². The van der Waals surface area contributed by atoms with Gasteiger partial charge in [-0.05, 0) is 30.4 Å². The number of H-pyrrole nitrogens is 1. The number of carbonyl (C=O) groups is 2. The van der Waals surface area contributed by atoms with Gasteiger partial charge in [-0.3, -0.25) is 14.9 Å². The molecule has 1 atom stereocenters. The fourth-order valence-electron chi connectivity index (χ4n) is 3.15. The van der Waals surface area contributed by atoms with Crippen LogP contribution in [0.1, 0.15) is 32.3 Å². The molecule has 2 amide bonds. The summed E-state index contributed by atoms with van der Waals surface area (Å²) in [7, 11) is 0. The molecule has 0 saturated carbocycles. The number of likely N-dealkylation sites (tertiary alicyclic amines) is 1. The van der Waals surface area contributed by atoms with E-state index in [0.717, 1.165) is 37.1 Å². The summed E-state index contributed by atoms with van der Waals surface area (Å²) in [6.07, 6.45) is 4.37. The Morgan fingerprint density at radius 2 is 2.08 bits per heavy atom. The molecule has 1 unspecified atom stereocenters. The minimum atomic E-state index is -0.185. The zero-order valence-corrected chi connectivity index (χ0v) is 14.7. The van der Waals surface area contributed by atoms with Gasteiger partial charge in [-0.2, -0.15) is 0 Å². The minimum Gasteiger partial charge on any atom is -0.342 e. The van der Waals surface area contributed by atoms with E-state index in [1.165, 1.54) is 5.56 Å². The Morgan fingerprint density at radius 3 is 2.76 bits per heavy atom. The van der Waals surface area contributed by atoms with E-state index < -0.39 is 0 Å². The molecule has 1 aromatic carbocycles. The van der Waals surface area contributed by atoms with Crippen molar-refractivity contribution in [1.82, 2.24) is 14.9 Å². The molecule has 1 aliphatic rings. The van der Waals surface area contributed by atoms with E-state index >= 15 is 0 Å². The van der Waals surface area contributed by atoms with Gasteiger partial charge in [0.05, 0.1) is 17.8 Å². The lowest BCUT2D eigenvalue weighted by molar-refractivity contribution is -0.132. The van der Waals surface area contributed by atoms with Gasteiger partial charge in [0.2, 0.25) is 17.8 Å². The first-order chi connectivity index (χ1) is 12.1. The number of aryl methyl sites for hydroxylation is 1. The summed E-state index contributed by atoms with van der Waals surface area (Å²) < 4.78 is 0. The van der Waals surface area contributed by atoms with Crippen LogP contribution in [0.5, 0.6) is 0 Å². The van der Waals surface area contributed by atoms with Gasteiger partial charge < -0.3 is 9.88 Å². The Labute approximate surface area is 147 Å². The van der Waals surface area contributed by atoms with Crippen molar-refractivity contribution in [3.05, 3.63) is 36.0 Å². The lowest BCUT2D eigenvalue weighted by Gasteiger charge is -2.31. The highest BCUT2D eigenvalue weighted by molar-refractivity contribution is 5.92. The molecule has 3 rings (SSSR count). The number of aromatic nitrogens is 2. The molecular formula is C19H24N4O2. The van der Waals surface area contributed by atoms with Gasteiger partial charge >= 0.3 is 0 Å². The number of amides is 2. The number of piperidine rings is 1. The lowest BCUT2D eigenvalue weighted by atomic mass is 9.97. The molecule has 0 radical (unpaired) electrons. The molecule has 1 saturated heterocycles. The Hall–Kier alpha value is -2.63. The van der Waals surface area contributed by atoms with Gasteiger partial charge in [-0.1, -0.05) is 31.2 Å². The number of hydrogen-bond acceptors (Lipinski definition) is 3. The van der Waals surface area contributed by atoms with Crippen LogP contribution in [-0.2, 0) is 16.0 Å². The molecule has 2 heterocycles. The van der Waals surface area contributed by atoms with Gasteiger partial charge in [0.1, 0.15) is 0 Å². The van der Waals surface area contributed by atoms with Gasteiger partial charge in [0.15, 0.2) is 0 Å². The summed E-state index contributed by atoms with van der Waals surface area (Å²) in [5.41, 5.74) is 3.18. The smallest absolute Gasteiger partial charge is 0.231 e. The van der Waals surface area contributed by atoms with Crippen LogP contribution in [0.25, 0.3) is 11.3 Å². The number of anilines is 1. The number of nitrogens with zero attached hydrogens (tertiary/aromatic N) is 2. The molecule has 25 heavy (non-hydrogen) atoms. The number of aromatic amines is 1. The molecule has 1 aromatic heterocycles. The monoisotopic (exact) mass is 340 g/mol. The summed E-state index contributed by atoms with van der Waals surface area (Å²) in [6.45, 7) is 4.88. The van der Waals surface area contributed by atoms with E-state index in [0.29, 0.717) is 12.5 Å². The number of carbonyl (C=O) groups excluding carboxylic acids is 2. The van der Waals surface area contributed by atoms with Crippen molar-refractivity contribution in [2.75, 3.05) is 18.4 Å². The van der Waals surface area contributed by atoms with Crippen molar-refractivity contribution < 1.29 is 9.59 Å². The van der Waals surface area contributed by atoms with Gasteiger partial charge in [0, 0.05) is 20.0 Å². The molecule has 1 fully saturated rings. The van der Waals surface area contributed by atoms with E-state index in [-0.39, 0.29) is 17.7 Å². The number of imidazole rings is 1. The second-order valence-corrected chi connectivity index (χ2v) is 6.49. The Kier molecular flexibility index (Phi) is 5.16. The third kappa shape index (κ3) is 4.07. The van der Waals surface area contributed by atoms with Gasteiger partial charge in [-0.15, -0.1) is 0 Å². The third-order valence-electron chi connectivity index (χ3n) is 4.73. The van der Waals surface area contributed by atoms with Crippen molar-refractivity contribution in [1.29, 1.82) is 0 Å². The molecule has 2 N–H and O–H groups in total. The highest BCUT2D eigenvalue weighted by atomic mass is 16.2. The van der Waals surface area contributed by atoms with Crippen LogP contribution >= 0.6 is 0 Å². The molecule has 132 valence electrons. The molecule has 1 aliphatic heterocycles. The Balaban J connectivity index is 1.64. The van der Waals surface area contributed by atoms with Crippen LogP contribution in [0, 0.1) is 5.92 Å². The quantitative estimate of drug-likeness (QED) is 0.898. The summed E-state index contributed by atoms with van der Waals surface area (Å²) in [5.74, 6) is 0.191. The molecule has 6 nitrogen and oxygen atoms in total. The van der Waals surface area contributed by atoms with Crippen LogP contribution in [0.15, 0.2) is 30.5 Å². The highest BCUT2D eigenvalue weighted by Gasteiger charge is 2.27. The maximum absolute atomic E-state index is 12.5. The molecular weight excluding hydrogens is 316 g/mol. The van der Waals surface area contributed by atoms with Gasteiger partial charge in [0.25, 0.3) is 0 Å². The normalized spacial score (nSPS) is 17.4. The summed E-state index contributed by atoms with van der Waals surface area (Å²) in [4.78, 5) is 33.1. The fraction of sp³-hybridized carbons (Fsp3) is 0.421. The zero-order valence-electron chi connectivity index (χ0n) is 14.7. The van der Waals surface area contributed by atoms with E-state index in [1.54, 1.807) is 18.0 Å². The minimum absolute atomic E-state index is 0.0216. The average Bonchev–Trinajstić information content (AvgIpc) is 3.10. The lowest BCUT2D eigenvalue weighted by Crippen LogP contribution is -2.42. The highest BCUT2D eigenvalue weighted by Crippen LogP contribution is 2.21. The molecule has 0 aliphatic carbocycles. The van der Waals surface area contributed by atoms with Gasteiger partial charge in [-0.25, -0.2) is 4.98 Å². The predicted octanol–water partition coefficient (Wildman–Crippen LogP) is 2.84. The first-order valence-electron chi connectivity index (χ1n) is 8.77. The number of rotatable bonds is 4. The summed E-state index contributed by atoms with van der Waals surface area (Å²) >= 11 is 0. The first-order valence-corrected chi connectivity index (χ1v) is 8.77. The van der Waals surface area contributed by atoms with E-state index in [9.17, 15) is 9.59 Å². The molecule has 6 heteroatoms. The maximum atomic E-state index is 12.5. The topological polar surface area (TPSA) is 78.1 Å². The number of nitrogens with one attached hydrogen (secondary N) is 2. The molecule has 2 aromatic rings. The average molecular weight is 340 g/mol. The second-order valence-electron chi connectivity index (χ2n) is 6.49. The SMILES string of the molecule is CCc1ccc(-c2cnc(NC(=O)C3CCCN(C(C)=O)C3)[nH]2)cc1. The van der Waals surface area contributed by atoms with Crippen molar-refractivity contribution >= 4 is 17.8 Å². The predicted molar refractivity (Wildman–Crippen MR) is 97.0 cm³/mol. The largest absolute Gasteiger partial charge is 0.342 e. The zero-order chi connectivity index (χ0) is 17.8. The van der Waals surface area contributed by atoms with Crippen molar-refractivity contribution in [2.24, 2.45) is 5.92 Å². The van der Waals surface area contributed by atoms with Crippen molar-refractivity contribution in [3.63, 3.8) is 0 Å². The van der Waals surface area contributed by atoms with Crippen LogP contribution < -0.4 is 5.32 Å². The van der Waals surface area contributed by atoms with Crippen LogP contribution in [0.3, 0.4) is 0 Å². The molecule has 0 bridgehead atoms. The number of hydrogen-bond donors (Lipinski definition) is 2. The maximum Gasteiger partial charge on any atom is 0.231 e. The van der Waals surface area contributed by atoms with E-state index in [1.807, 2.05) is 12.1 Å². The number of benzene rings is 1. The third-order valence-corrected chi connectivity index (χ3v) is 4.73. The van der Waals surface area contributed by atoms with E-state index in [2.05, 4.69) is 34.3 Å². The molecule has 0 spiro atoms. The Bertz CT molecular complexity index is 751. The second kappa shape index (κ2) is 7.51. The van der Waals surface area contributed by atoms with E-state index in [4.69, 9.17) is 0 Å². The van der Waals surface area contributed by atoms with Crippen molar-refractivity contribution in [3.8, 4) is 11.3 Å². The Morgan fingerprint density at radius 1 is 1.32 bits per heavy atom. The van der Waals surface area contributed by atoms with Crippen LogP contribution in [0.4, 0.5) is 5.95 Å². The fourth-order valence-corrected chi connectivity index (χ4v) is 3.15. The first kappa shape index (κ1) is 17.2. The van der Waals surface area contributed by atoms with Crippen molar-refractivity contribution in [2.45, 2.75) is 33.1 Å². The standard InChI is InChI=1S/C19H24N4O2/c1-3-14-6-8-15(9-7-14)17-11-20-19(21-17)22-18(25)16-5-4-10-23(12-16)13(2)24/h6-9,11,16H,3-5,10,12H2,1-2H3,(H2,20,21,22,25). The summed E-state index contributed by atoms with van der Waals surface area (Å²) in [5, 5.41) is 2.84. The van der Waals surface area contributed by atoms with Crippen LogP contribution in [-0.4, -0.2) is 39.8 Å². The summed E-state index contributed by atoms with van der Waals surface area (Å²) in [6, 6.07) is 8.27.